The highest BCUT2D eigenvalue weighted by Crippen LogP contribution is 2.22. The smallest absolute Gasteiger partial charge is 0.244 e. The van der Waals surface area contributed by atoms with Crippen molar-refractivity contribution in [3.05, 3.63) is 62.3 Å². The van der Waals surface area contributed by atoms with E-state index in [9.17, 15) is 4.79 Å². The van der Waals surface area contributed by atoms with E-state index in [1.807, 2.05) is 18.2 Å². The standard InChI is InChI=1S/C15H11BrN2OS/c16-14-6-4-13(20-14)5-7-15(19)18-10-12-3-1-2-11(8-12)9-17/h1-8H,10H2,(H,18,19)/b7-5+. The fourth-order valence-corrected chi connectivity index (χ4v) is 2.90. The van der Waals surface area contributed by atoms with E-state index in [0.29, 0.717) is 12.1 Å². The molecule has 3 nitrogen and oxygen atoms in total. The summed E-state index contributed by atoms with van der Waals surface area (Å²) in [5.41, 5.74) is 1.50. The number of halogens is 1. The van der Waals surface area contributed by atoms with Gasteiger partial charge in [0.1, 0.15) is 0 Å². The fourth-order valence-electron chi connectivity index (χ4n) is 1.57. The Morgan fingerprint density at radius 1 is 1.40 bits per heavy atom. The maximum absolute atomic E-state index is 11.7. The van der Waals surface area contributed by atoms with Crippen molar-refractivity contribution in [2.75, 3.05) is 0 Å². The van der Waals surface area contributed by atoms with Crippen LogP contribution in [0.1, 0.15) is 16.0 Å². The average molecular weight is 347 g/mol. The number of nitrogens with zero attached hydrogens (tertiary/aromatic N) is 1. The lowest BCUT2D eigenvalue weighted by molar-refractivity contribution is -0.116. The monoisotopic (exact) mass is 346 g/mol. The van der Waals surface area contributed by atoms with E-state index in [4.69, 9.17) is 5.26 Å². The normalized spacial score (nSPS) is 10.4. The van der Waals surface area contributed by atoms with Crippen molar-refractivity contribution in [3.8, 4) is 6.07 Å². The molecule has 5 heteroatoms. The zero-order chi connectivity index (χ0) is 14.4. The number of nitrogens with one attached hydrogen (secondary N) is 1. The molecule has 100 valence electrons. The predicted molar refractivity (Wildman–Crippen MR) is 84.1 cm³/mol. The number of hydrogen-bond acceptors (Lipinski definition) is 3. The molecule has 1 N–H and O–H groups in total. The molecule has 2 aromatic rings. The first-order chi connectivity index (χ1) is 9.67. The van der Waals surface area contributed by atoms with Crippen LogP contribution in [0, 0.1) is 11.3 Å². The molecule has 0 aliphatic rings. The van der Waals surface area contributed by atoms with Crippen LogP contribution in [-0.4, -0.2) is 5.91 Å². The summed E-state index contributed by atoms with van der Waals surface area (Å²) in [5.74, 6) is -0.156. The Morgan fingerprint density at radius 3 is 2.95 bits per heavy atom. The van der Waals surface area contributed by atoms with Crippen LogP contribution in [0.15, 0.2) is 46.3 Å². The molecule has 0 unspecified atom stereocenters. The number of carbonyl (C=O) groups is 1. The second-order valence-electron chi connectivity index (χ2n) is 4.01. The minimum atomic E-state index is -0.156. The van der Waals surface area contributed by atoms with Crippen LogP contribution in [0.5, 0.6) is 0 Å². The molecule has 0 spiro atoms. The van der Waals surface area contributed by atoms with E-state index < -0.39 is 0 Å². The van der Waals surface area contributed by atoms with Crippen LogP contribution in [0.2, 0.25) is 0 Å². The van der Waals surface area contributed by atoms with Crippen LogP contribution in [0.25, 0.3) is 6.08 Å². The molecule has 0 saturated carbocycles. The maximum atomic E-state index is 11.7. The van der Waals surface area contributed by atoms with Gasteiger partial charge in [-0.1, -0.05) is 12.1 Å². The number of thiophene rings is 1. The summed E-state index contributed by atoms with van der Waals surface area (Å²) in [7, 11) is 0. The minimum absolute atomic E-state index is 0.156. The highest BCUT2D eigenvalue weighted by molar-refractivity contribution is 9.11. The number of benzene rings is 1. The minimum Gasteiger partial charge on any atom is -0.348 e. The Bertz CT molecular complexity index is 685. The molecule has 1 aromatic heterocycles. The van der Waals surface area contributed by atoms with Crippen molar-refractivity contribution in [1.82, 2.24) is 5.32 Å². The van der Waals surface area contributed by atoms with Gasteiger partial charge in [-0.25, -0.2) is 0 Å². The Hall–Kier alpha value is -1.90. The summed E-state index contributed by atoms with van der Waals surface area (Å²) in [6.07, 6.45) is 3.28. The van der Waals surface area contributed by atoms with E-state index in [2.05, 4.69) is 27.3 Å². The lowest BCUT2D eigenvalue weighted by Gasteiger charge is -2.02. The molecule has 20 heavy (non-hydrogen) atoms. The summed E-state index contributed by atoms with van der Waals surface area (Å²) in [6, 6.07) is 13.1. The second kappa shape index (κ2) is 7.04. The van der Waals surface area contributed by atoms with Crippen LogP contribution < -0.4 is 5.32 Å². The van der Waals surface area contributed by atoms with Crippen molar-refractivity contribution in [1.29, 1.82) is 5.26 Å². The average Bonchev–Trinajstić information content (AvgIpc) is 2.89. The largest absolute Gasteiger partial charge is 0.348 e. The van der Waals surface area contributed by atoms with Crippen LogP contribution in [0.4, 0.5) is 0 Å². The fraction of sp³-hybridized carbons (Fsp3) is 0.0667. The van der Waals surface area contributed by atoms with Gasteiger partial charge in [-0.05, 0) is 51.8 Å². The van der Waals surface area contributed by atoms with Gasteiger partial charge in [-0.2, -0.15) is 5.26 Å². The van der Waals surface area contributed by atoms with Gasteiger partial charge in [0.25, 0.3) is 0 Å². The molecule has 1 amide bonds. The summed E-state index contributed by atoms with van der Waals surface area (Å²) in [6.45, 7) is 0.410. The Morgan fingerprint density at radius 2 is 2.25 bits per heavy atom. The molecule has 0 radical (unpaired) electrons. The first-order valence-electron chi connectivity index (χ1n) is 5.87. The summed E-state index contributed by atoms with van der Waals surface area (Å²) < 4.78 is 1.03. The highest BCUT2D eigenvalue weighted by atomic mass is 79.9. The van der Waals surface area contributed by atoms with Crippen molar-refractivity contribution >= 4 is 39.2 Å². The quantitative estimate of drug-likeness (QED) is 0.858. The molecule has 0 saturated heterocycles. The molecule has 0 aliphatic heterocycles. The first kappa shape index (κ1) is 14.5. The van der Waals surface area contributed by atoms with Gasteiger partial charge in [-0.3, -0.25) is 4.79 Å². The number of rotatable bonds is 4. The van der Waals surface area contributed by atoms with Gasteiger partial charge in [0.05, 0.1) is 15.4 Å². The molecule has 2 rings (SSSR count). The number of carbonyl (C=O) groups excluding carboxylic acids is 1. The molecule has 0 aliphatic carbocycles. The third-order valence-electron chi connectivity index (χ3n) is 2.52. The van der Waals surface area contributed by atoms with E-state index >= 15 is 0 Å². The van der Waals surface area contributed by atoms with Crippen molar-refractivity contribution < 1.29 is 4.79 Å². The third-order valence-corrected chi connectivity index (χ3v) is 4.10. The van der Waals surface area contributed by atoms with Crippen LogP contribution in [0.3, 0.4) is 0 Å². The van der Waals surface area contributed by atoms with Gasteiger partial charge in [0.2, 0.25) is 5.91 Å². The van der Waals surface area contributed by atoms with Gasteiger partial charge in [0, 0.05) is 17.5 Å². The summed E-state index contributed by atoms with van der Waals surface area (Å²) in [4.78, 5) is 12.7. The molecule has 0 fully saturated rings. The molecule has 0 atom stereocenters. The lowest BCUT2D eigenvalue weighted by Crippen LogP contribution is -2.20. The van der Waals surface area contributed by atoms with Crippen molar-refractivity contribution in [2.45, 2.75) is 6.54 Å². The number of nitriles is 1. The Balaban J connectivity index is 1.89. The van der Waals surface area contributed by atoms with E-state index in [1.165, 1.54) is 6.08 Å². The molecular weight excluding hydrogens is 336 g/mol. The summed E-state index contributed by atoms with van der Waals surface area (Å²) in [5, 5.41) is 11.6. The molecular formula is C15H11BrN2OS. The van der Waals surface area contributed by atoms with Gasteiger partial charge in [0.15, 0.2) is 0 Å². The maximum Gasteiger partial charge on any atom is 0.244 e. The van der Waals surface area contributed by atoms with E-state index in [0.717, 1.165) is 14.2 Å². The SMILES string of the molecule is N#Cc1cccc(CNC(=O)/C=C/c2ccc(Br)s2)c1. The van der Waals surface area contributed by atoms with Crippen molar-refractivity contribution in [3.63, 3.8) is 0 Å². The van der Waals surface area contributed by atoms with Gasteiger partial charge >= 0.3 is 0 Å². The zero-order valence-corrected chi connectivity index (χ0v) is 12.9. The van der Waals surface area contributed by atoms with Crippen molar-refractivity contribution in [2.24, 2.45) is 0 Å². The number of hydrogen-bond donors (Lipinski definition) is 1. The molecule has 1 aromatic carbocycles. The highest BCUT2D eigenvalue weighted by Gasteiger charge is 1.99. The topological polar surface area (TPSA) is 52.9 Å². The first-order valence-corrected chi connectivity index (χ1v) is 7.48. The zero-order valence-electron chi connectivity index (χ0n) is 10.5. The van der Waals surface area contributed by atoms with Crippen LogP contribution in [-0.2, 0) is 11.3 Å². The van der Waals surface area contributed by atoms with Crippen LogP contribution >= 0.6 is 27.3 Å². The second-order valence-corrected chi connectivity index (χ2v) is 6.50. The molecule has 0 bridgehead atoms. The third kappa shape index (κ3) is 4.34. The number of amides is 1. The predicted octanol–water partition coefficient (Wildman–Crippen LogP) is 3.71. The van der Waals surface area contributed by atoms with Gasteiger partial charge < -0.3 is 5.32 Å². The van der Waals surface area contributed by atoms with E-state index in [1.54, 1.807) is 35.6 Å². The molecule has 1 heterocycles. The summed E-state index contributed by atoms with van der Waals surface area (Å²) >= 11 is 4.93. The Kier molecular flexibility index (Phi) is 5.10. The lowest BCUT2D eigenvalue weighted by atomic mass is 10.1. The van der Waals surface area contributed by atoms with Gasteiger partial charge in [-0.15, -0.1) is 11.3 Å². The van der Waals surface area contributed by atoms with E-state index in [-0.39, 0.29) is 5.91 Å². The Labute approximate surface area is 129 Å².